The van der Waals surface area contributed by atoms with Crippen molar-refractivity contribution in [3.05, 3.63) is 48.1 Å². The number of piperidine rings is 1. The summed E-state index contributed by atoms with van der Waals surface area (Å²) in [7, 11) is 0. The maximum Gasteiger partial charge on any atom is 0.242 e. The Kier molecular flexibility index (Phi) is 3.98. The summed E-state index contributed by atoms with van der Waals surface area (Å²) in [6, 6.07) is 7.95. The number of carbonyl (C=O) groups excluding carboxylic acids is 1. The lowest BCUT2D eigenvalue weighted by Gasteiger charge is -2.32. The zero-order chi connectivity index (χ0) is 16.5. The maximum atomic E-state index is 12.7. The number of fused-ring (bicyclic) bond motifs is 1. The molecule has 0 aliphatic carbocycles. The molecule has 24 heavy (non-hydrogen) atoms. The van der Waals surface area contributed by atoms with Crippen molar-refractivity contribution in [2.75, 3.05) is 13.1 Å². The lowest BCUT2D eigenvalue weighted by Crippen LogP contribution is -2.42. The number of hydrogen-bond donors (Lipinski definition) is 0. The van der Waals surface area contributed by atoms with Crippen molar-refractivity contribution < 1.29 is 4.79 Å². The Hall–Kier alpha value is -2.34. The lowest BCUT2D eigenvalue weighted by atomic mass is 10.1. The molecular formula is C17H18ClN5O. The SMILES string of the molecule is O=C(Cn1ccc2ccc(Cl)cc21)N1CCCC(n2cncn2)C1. The number of nitrogens with zero attached hydrogens (tertiary/aromatic N) is 5. The molecule has 3 heterocycles. The Morgan fingerprint density at radius 3 is 3.08 bits per heavy atom. The number of benzene rings is 1. The number of aromatic nitrogens is 4. The van der Waals surface area contributed by atoms with Gasteiger partial charge in [0.1, 0.15) is 19.2 Å². The number of likely N-dealkylation sites (tertiary alicyclic amines) is 1. The molecule has 2 aromatic heterocycles. The maximum absolute atomic E-state index is 12.7. The quantitative estimate of drug-likeness (QED) is 0.734. The number of halogens is 1. The summed E-state index contributed by atoms with van der Waals surface area (Å²) in [6.45, 7) is 1.81. The summed E-state index contributed by atoms with van der Waals surface area (Å²) in [4.78, 5) is 18.7. The van der Waals surface area contributed by atoms with Crippen molar-refractivity contribution in [3.8, 4) is 0 Å². The van der Waals surface area contributed by atoms with Crippen LogP contribution in [0.2, 0.25) is 5.02 Å². The van der Waals surface area contributed by atoms with Crippen molar-refractivity contribution in [1.29, 1.82) is 0 Å². The smallest absolute Gasteiger partial charge is 0.242 e. The van der Waals surface area contributed by atoms with Crippen LogP contribution in [0.25, 0.3) is 10.9 Å². The van der Waals surface area contributed by atoms with Crippen molar-refractivity contribution >= 4 is 28.4 Å². The fraction of sp³-hybridized carbons (Fsp3) is 0.353. The summed E-state index contributed by atoms with van der Waals surface area (Å²) in [5, 5.41) is 5.98. The number of carbonyl (C=O) groups is 1. The summed E-state index contributed by atoms with van der Waals surface area (Å²) >= 11 is 6.08. The van der Waals surface area contributed by atoms with Crippen LogP contribution in [0.4, 0.5) is 0 Å². The van der Waals surface area contributed by atoms with E-state index in [1.165, 1.54) is 6.33 Å². The zero-order valence-corrected chi connectivity index (χ0v) is 13.9. The molecule has 1 aliphatic heterocycles. The van der Waals surface area contributed by atoms with Gasteiger partial charge in [-0.1, -0.05) is 17.7 Å². The lowest BCUT2D eigenvalue weighted by molar-refractivity contribution is -0.133. The van der Waals surface area contributed by atoms with Gasteiger partial charge < -0.3 is 9.47 Å². The first-order valence-corrected chi connectivity index (χ1v) is 8.45. The summed E-state index contributed by atoms with van der Waals surface area (Å²) in [5.41, 5.74) is 0.987. The first-order valence-electron chi connectivity index (χ1n) is 8.07. The van der Waals surface area contributed by atoms with E-state index < -0.39 is 0 Å². The molecule has 1 saturated heterocycles. The second-order valence-electron chi connectivity index (χ2n) is 6.16. The van der Waals surface area contributed by atoms with Gasteiger partial charge in [-0.05, 0) is 36.4 Å². The van der Waals surface area contributed by atoms with Gasteiger partial charge in [0.25, 0.3) is 0 Å². The predicted octanol–water partition coefficient (Wildman–Crippen LogP) is 2.75. The van der Waals surface area contributed by atoms with E-state index in [9.17, 15) is 4.79 Å². The van der Waals surface area contributed by atoms with Crippen LogP contribution >= 0.6 is 11.6 Å². The Morgan fingerprint density at radius 2 is 2.25 bits per heavy atom. The third-order valence-electron chi connectivity index (χ3n) is 4.60. The molecule has 6 nitrogen and oxygen atoms in total. The van der Waals surface area contributed by atoms with Gasteiger partial charge in [0.2, 0.25) is 5.91 Å². The second kappa shape index (κ2) is 6.28. The van der Waals surface area contributed by atoms with Gasteiger partial charge in [-0.2, -0.15) is 5.10 Å². The van der Waals surface area contributed by atoms with E-state index in [0.29, 0.717) is 18.1 Å². The van der Waals surface area contributed by atoms with Crippen molar-refractivity contribution in [2.45, 2.75) is 25.4 Å². The Morgan fingerprint density at radius 1 is 1.33 bits per heavy atom. The molecule has 3 aromatic rings. The van der Waals surface area contributed by atoms with E-state index in [1.54, 1.807) is 6.33 Å². The zero-order valence-electron chi connectivity index (χ0n) is 13.2. The van der Waals surface area contributed by atoms with E-state index in [1.807, 2.05) is 44.6 Å². The normalized spacial score (nSPS) is 18.2. The molecule has 1 fully saturated rings. The Labute approximate surface area is 144 Å². The van der Waals surface area contributed by atoms with Crippen LogP contribution in [0.1, 0.15) is 18.9 Å². The minimum absolute atomic E-state index is 0.122. The first-order chi connectivity index (χ1) is 11.7. The van der Waals surface area contributed by atoms with Gasteiger partial charge in [0, 0.05) is 29.8 Å². The molecule has 1 aliphatic rings. The molecule has 0 spiro atoms. The highest BCUT2D eigenvalue weighted by Gasteiger charge is 2.25. The number of hydrogen-bond acceptors (Lipinski definition) is 3. The molecular weight excluding hydrogens is 326 g/mol. The van der Waals surface area contributed by atoms with Gasteiger partial charge in [-0.3, -0.25) is 4.79 Å². The van der Waals surface area contributed by atoms with E-state index in [2.05, 4.69) is 10.1 Å². The first kappa shape index (κ1) is 15.2. The van der Waals surface area contributed by atoms with Crippen LogP contribution in [-0.4, -0.2) is 43.2 Å². The molecule has 1 amide bonds. The summed E-state index contributed by atoms with van der Waals surface area (Å²) < 4.78 is 3.81. The average molecular weight is 344 g/mol. The molecule has 0 radical (unpaired) electrons. The van der Waals surface area contributed by atoms with Gasteiger partial charge >= 0.3 is 0 Å². The van der Waals surface area contributed by atoms with Crippen LogP contribution in [0.15, 0.2) is 43.1 Å². The van der Waals surface area contributed by atoms with Gasteiger partial charge in [0.05, 0.1) is 6.04 Å². The highest BCUT2D eigenvalue weighted by Crippen LogP contribution is 2.23. The fourth-order valence-corrected chi connectivity index (χ4v) is 3.51. The van der Waals surface area contributed by atoms with E-state index in [-0.39, 0.29) is 11.9 Å². The molecule has 124 valence electrons. The molecule has 0 N–H and O–H groups in total. The predicted molar refractivity (Wildman–Crippen MR) is 91.8 cm³/mol. The van der Waals surface area contributed by atoms with Crippen LogP contribution in [0.3, 0.4) is 0 Å². The van der Waals surface area contributed by atoms with Crippen LogP contribution in [-0.2, 0) is 11.3 Å². The van der Waals surface area contributed by atoms with Crippen LogP contribution < -0.4 is 0 Å². The minimum Gasteiger partial charge on any atom is -0.339 e. The van der Waals surface area contributed by atoms with E-state index in [0.717, 1.165) is 30.3 Å². The molecule has 0 bridgehead atoms. The van der Waals surface area contributed by atoms with E-state index in [4.69, 9.17) is 11.6 Å². The Balaban J connectivity index is 1.50. The minimum atomic E-state index is 0.122. The standard InChI is InChI=1S/C17H18ClN5O/c18-14-4-3-13-5-7-21(16(13)8-14)10-17(24)22-6-1-2-15(9-22)23-12-19-11-20-23/h3-5,7-8,11-12,15H,1-2,6,9-10H2. The highest BCUT2D eigenvalue weighted by atomic mass is 35.5. The molecule has 4 rings (SSSR count). The Bertz CT molecular complexity index is 857. The summed E-state index contributed by atoms with van der Waals surface area (Å²) in [6.07, 6.45) is 7.21. The topological polar surface area (TPSA) is 56.0 Å². The fourth-order valence-electron chi connectivity index (χ4n) is 3.34. The van der Waals surface area contributed by atoms with Crippen molar-refractivity contribution in [3.63, 3.8) is 0 Å². The largest absolute Gasteiger partial charge is 0.339 e. The van der Waals surface area contributed by atoms with Gasteiger partial charge in [-0.25, -0.2) is 9.67 Å². The third-order valence-corrected chi connectivity index (χ3v) is 4.84. The van der Waals surface area contributed by atoms with Crippen molar-refractivity contribution in [1.82, 2.24) is 24.2 Å². The molecule has 1 atom stereocenters. The second-order valence-corrected chi connectivity index (χ2v) is 6.59. The van der Waals surface area contributed by atoms with Gasteiger partial charge in [-0.15, -0.1) is 0 Å². The van der Waals surface area contributed by atoms with Crippen LogP contribution in [0, 0.1) is 0 Å². The van der Waals surface area contributed by atoms with Gasteiger partial charge in [0.15, 0.2) is 0 Å². The number of amides is 1. The van der Waals surface area contributed by atoms with E-state index >= 15 is 0 Å². The average Bonchev–Trinajstić information content (AvgIpc) is 3.25. The van der Waals surface area contributed by atoms with Crippen LogP contribution in [0.5, 0.6) is 0 Å². The highest BCUT2D eigenvalue weighted by molar-refractivity contribution is 6.31. The number of rotatable bonds is 3. The molecule has 7 heteroatoms. The van der Waals surface area contributed by atoms with Crippen molar-refractivity contribution in [2.24, 2.45) is 0 Å². The molecule has 1 unspecified atom stereocenters. The molecule has 0 saturated carbocycles. The monoisotopic (exact) mass is 343 g/mol. The third kappa shape index (κ3) is 2.89. The molecule has 1 aromatic carbocycles. The summed E-state index contributed by atoms with van der Waals surface area (Å²) in [5.74, 6) is 0.122.